The normalized spacial score (nSPS) is 18.1. The number of aliphatic carboxylic acids is 1. The maximum Gasteiger partial charge on any atom is 0.416 e. The first-order valence-electron chi connectivity index (χ1n) is 7.77. The monoisotopic (exact) mass is 360 g/mol. The molecule has 0 saturated carbocycles. The second-order valence-electron chi connectivity index (χ2n) is 5.78. The van der Waals surface area contributed by atoms with Gasteiger partial charge in [-0.15, -0.1) is 0 Å². The summed E-state index contributed by atoms with van der Waals surface area (Å²) in [6.45, 7) is 1.15. The summed E-state index contributed by atoms with van der Waals surface area (Å²) in [6.07, 6.45) is -3.92. The number of carboxylic acid groups (broad SMARTS) is 1. The van der Waals surface area contributed by atoms with Crippen molar-refractivity contribution in [3.63, 3.8) is 0 Å². The Morgan fingerprint density at radius 1 is 1.36 bits per heavy atom. The van der Waals surface area contributed by atoms with E-state index < -0.39 is 23.6 Å². The summed E-state index contributed by atoms with van der Waals surface area (Å²) in [5, 5.41) is 11.5. The van der Waals surface area contributed by atoms with E-state index in [-0.39, 0.29) is 31.4 Å². The fourth-order valence-electron chi connectivity index (χ4n) is 2.56. The summed E-state index contributed by atoms with van der Waals surface area (Å²) >= 11 is 0. The van der Waals surface area contributed by atoms with Crippen LogP contribution >= 0.6 is 0 Å². The van der Waals surface area contributed by atoms with Crippen LogP contribution in [0.2, 0.25) is 0 Å². The van der Waals surface area contributed by atoms with E-state index in [9.17, 15) is 22.8 Å². The van der Waals surface area contributed by atoms with Gasteiger partial charge >= 0.3 is 12.1 Å². The molecule has 1 amide bonds. The highest BCUT2D eigenvalue weighted by molar-refractivity contribution is 5.78. The zero-order chi connectivity index (χ0) is 18.4. The van der Waals surface area contributed by atoms with Gasteiger partial charge in [0.1, 0.15) is 12.4 Å². The van der Waals surface area contributed by atoms with E-state index in [4.69, 9.17) is 9.84 Å². The standard InChI is InChI=1S/C16H19F3N2O4/c17-16(18,19)12-2-1-3-13(8-12)25-7-5-20-14(22)10-21-6-4-11(9-21)15(23)24/h1-3,8,11H,4-7,9-10H2,(H,20,22)(H,23,24). The summed E-state index contributed by atoms with van der Waals surface area (Å²) in [4.78, 5) is 24.4. The maximum absolute atomic E-state index is 12.6. The van der Waals surface area contributed by atoms with Crippen LogP contribution in [0.5, 0.6) is 5.75 Å². The van der Waals surface area contributed by atoms with Gasteiger partial charge in [-0.25, -0.2) is 0 Å². The largest absolute Gasteiger partial charge is 0.492 e. The van der Waals surface area contributed by atoms with Crippen molar-refractivity contribution in [3.05, 3.63) is 29.8 Å². The third-order valence-electron chi connectivity index (χ3n) is 3.84. The van der Waals surface area contributed by atoms with E-state index >= 15 is 0 Å². The van der Waals surface area contributed by atoms with E-state index in [2.05, 4.69) is 5.32 Å². The van der Waals surface area contributed by atoms with Crippen LogP contribution in [0.15, 0.2) is 24.3 Å². The molecule has 0 bridgehead atoms. The Morgan fingerprint density at radius 2 is 2.12 bits per heavy atom. The Balaban J connectivity index is 1.68. The van der Waals surface area contributed by atoms with Gasteiger partial charge in [0.2, 0.25) is 5.91 Å². The van der Waals surface area contributed by atoms with E-state index in [0.29, 0.717) is 19.5 Å². The maximum atomic E-state index is 12.6. The molecule has 6 nitrogen and oxygen atoms in total. The Labute approximate surface area is 142 Å². The molecule has 1 aliphatic rings. The van der Waals surface area contributed by atoms with Gasteiger partial charge < -0.3 is 15.2 Å². The minimum atomic E-state index is -4.43. The van der Waals surface area contributed by atoms with Crippen molar-refractivity contribution >= 4 is 11.9 Å². The van der Waals surface area contributed by atoms with Gasteiger partial charge in [0.25, 0.3) is 0 Å². The van der Waals surface area contributed by atoms with Crippen LogP contribution in [0.4, 0.5) is 13.2 Å². The third-order valence-corrected chi connectivity index (χ3v) is 3.84. The molecule has 1 aromatic rings. The number of carbonyl (C=O) groups is 2. The molecule has 2 N–H and O–H groups in total. The second kappa shape index (κ2) is 8.19. The number of hydrogen-bond acceptors (Lipinski definition) is 4. The summed E-state index contributed by atoms with van der Waals surface area (Å²) in [6, 6.07) is 4.52. The highest BCUT2D eigenvalue weighted by Gasteiger charge is 2.30. The zero-order valence-corrected chi connectivity index (χ0v) is 13.4. The molecular weight excluding hydrogens is 341 g/mol. The number of hydrogen-bond donors (Lipinski definition) is 2. The highest BCUT2D eigenvalue weighted by atomic mass is 19.4. The average molecular weight is 360 g/mol. The minimum Gasteiger partial charge on any atom is -0.492 e. The molecule has 1 atom stereocenters. The molecule has 1 unspecified atom stereocenters. The van der Waals surface area contributed by atoms with Gasteiger partial charge in [0.15, 0.2) is 0 Å². The number of halogens is 3. The molecule has 9 heteroatoms. The number of benzene rings is 1. The van der Waals surface area contributed by atoms with Gasteiger partial charge in [-0.05, 0) is 31.2 Å². The fourth-order valence-corrected chi connectivity index (χ4v) is 2.56. The van der Waals surface area contributed by atoms with Gasteiger partial charge in [0.05, 0.1) is 24.6 Å². The number of carboxylic acids is 1. The summed E-state index contributed by atoms with van der Waals surface area (Å²) < 4.78 is 42.9. The molecule has 138 valence electrons. The van der Waals surface area contributed by atoms with Crippen molar-refractivity contribution in [2.24, 2.45) is 5.92 Å². The van der Waals surface area contributed by atoms with E-state index in [1.807, 2.05) is 0 Å². The summed E-state index contributed by atoms with van der Waals surface area (Å²) in [5.74, 6) is -1.51. The Bertz CT molecular complexity index is 622. The minimum absolute atomic E-state index is 0.0325. The second-order valence-corrected chi connectivity index (χ2v) is 5.78. The number of carbonyl (C=O) groups excluding carboxylic acids is 1. The third kappa shape index (κ3) is 5.93. The summed E-state index contributed by atoms with van der Waals surface area (Å²) in [5.41, 5.74) is -0.795. The lowest BCUT2D eigenvalue weighted by molar-refractivity contribution is -0.141. The lowest BCUT2D eigenvalue weighted by Gasteiger charge is -2.15. The van der Waals surface area contributed by atoms with Crippen LogP contribution in [0.25, 0.3) is 0 Å². The van der Waals surface area contributed by atoms with Gasteiger partial charge in [-0.3, -0.25) is 14.5 Å². The highest BCUT2D eigenvalue weighted by Crippen LogP contribution is 2.31. The topological polar surface area (TPSA) is 78.9 Å². The average Bonchev–Trinajstić information content (AvgIpc) is 3.00. The van der Waals surface area contributed by atoms with E-state index in [0.717, 1.165) is 12.1 Å². The SMILES string of the molecule is O=C(CN1CCC(C(=O)O)C1)NCCOc1cccc(C(F)(F)F)c1. The van der Waals surface area contributed by atoms with Crippen LogP contribution < -0.4 is 10.1 Å². The predicted octanol–water partition coefficient (Wildman–Crippen LogP) is 1.61. The van der Waals surface area contributed by atoms with Crippen LogP contribution in [0.3, 0.4) is 0 Å². The van der Waals surface area contributed by atoms with Crippen molar-refractivity contribution in [1.82, 2.24) is 10.2 Å². The number of nitrogens with one attached hydrogen (secondary N) is 1. The van der Waals surface area contributed by atoms with Crippen LogP contribution in [0, 0.1) is 5.92 Å². The van der Waals surface area contributed by atoms with Crippen molar-refractivity contribution in [2.45, 2.75) is 12.6 Å². The van der Waals surface area contributed by atoms with Gasteiger partial charge in [-0.1, -0.05) is 6.07 Å². The Kier molecular flexibility index (Phi) is 6.24. The number of ether oxygens (including phenoxy) is 1. The number of rotatable bonds is 7. The van der Waals surface area contributed by atoms with Crippen LogP contribution in [-0.4, -0.2) is 54.7 Å². The van der Waals surface area contributed by atoms with E-state index in [1.54, 1.807) is 4.90 Å². The first-order chi connectivity index (χ1) is 11.8. The molecule has 0 radical (unpaired) electrons. The molecule has 0 aliphatic carbocycles. The summed E-state index contributed by atoms with van der Waals surface area (Å²) in [7, 11) is 0. The van der Waals surface area contributed by atoms with Crippen LogP contribution in [-0.2, 0) is 15.8 Å². The lowest BCUT2D eigenvalue weighted by atomic mass is 10.1. The Morgan fingerprint density at radius 3 is 2.76 bits per heavy atom. The van der Waals surface area contributed by atoms with Gasteiger partial charge in [0, 0.05) is 6.54 Å². The smallest absolute Gasteiger partial charge is 0.416 e. The van der Waals surface area contributed by atoms with Crippen molar-refractivity contribution in [3.8, 4) is 5.75 Å². The molecule has 2 rings (SSSR count). The molecule has 0 aromatic heterocycles. The Hall–Kier alpha value is -2.29. The molecule has 1 fully saturated rings. The molecule has 0 spiro atoms. The predicted molar refractivity (Wildman–Crippen MR) is 82.1 cm³/mol. The van der Waals surface area contributed by atoms with Crippen molar-refractivity contribution < 1.29 is 32.6 Å². The zero-order valence-electron chi connectivity index (χ0n) is 13.4. The molecular formula is C16H19F3N2O4. The number of nitrogens with zero attached hydrogens (tertiary/aromatic N) is 1. The first kappa shape index (κ1) is 19.0. The molecule has 1 aliphatic heterocycles. The fraction of sp³-hybridized carbons (Fsp3) is 0.500. The molecule has 25 heavy (non-hydrogen) atoms. The molecule has 1 aromatic carbocycles. The molecule has 1 heterocycles. The number of alkyl halides is 3. The number of likely N-dealkylation sites (tertiary alicyclic amines) is 1. The first-order valence-corrected chi connectivity index (χ1v) is 7.77. The van der Waals surface area contributed by atoms with Gasteiger partial charge in [-0.2, -0.15) is 13.2 Å². The quantitative estimate of drug-likeness (QED) is 0.723. The van der Waals surface area contributed by atoms with E-state index in [1.165, 1.54) is 12.1 Å². The number of amides is 1. The van der Waals surface area contributed by atoms with Crippen LogP contribution in [0.1, 0.15) is 12.0 Å². The van der Waals surface area contributed by atoms with Crippen molar-refractivity contribution in [2.75, 3.05) is 32.8 Å². The molecule has 1 saturated heterocycles. The lowest BCUT2D eigenvalue weighted by Crippen LogP contribution is -2.38. The van der Waals surface area contributed by atoms with Crippen molar-refractivity contribution in [1.29, 1.82) is 0 Å².